The monoisotopic (exact) mass is 403 g/mol. The molecule has 1 atom stereocenters. The molecule has 0 bridgehead atoms. The zero-order valence-electron chi connectivity index (χ0n) is 16.1. The van der Waals surface area contributed by atoms with E-state index < -0.39 is 24.4 Å². The van der Waals surface area contributed by atoms with Crippen LogP contribution in [0.3, 0.4) is 0 Å². The van der Waals surface area contributed by atoms with Crippen molar-refractivity contribution < 1.29 is 23.0 Å². The molecule has 0 aliphatic heterocycles. The number of methoxy groups -OCH3 is 1. The average Bonchev–Trinajstić information content (AvgIpc) is 2.69. The second-order valence-electron chi connectivity index (χ2n) is 6.19. The number of nitrogens with one attached hydrogen (secondary N) is 1. The smallest absolute Gasteiger partial charge is 0.387 e. The number of ether oxygens (including phenoxy) is 2. The summed E-state index contributed by atoms with van der Waals surface area (Å²) in [6.45, 7) is -2.48. The van der Waals surface area contributed by atoms with E-state index in [0.29, 0.717) is 17.7 Å². The molecule has 2 aromatic rings. The molecule has 29 heavy (non-hydrogen) atoms. The molecule has 0 saturated heterocycles. The van der Waals surface area contributed by atoms with Gasteiger partial charge in [0.2, 0.25) is 5.91 Å². The van der Waals surface area contributed by atoms with Crippen LogP contribution in [-0.4, -0.2) is 44.1 Å². The van der Waals surface area contributed by atoms with Gasteiger partial charge in [0.15, 0.2) is 5.96 Å². The Balaban J connectivity index is 2.44. The Kier molecular flexibility index (Phi) is 7.85. The standard InChI is InChI=1S/C21H23F2N3O3/c1-26(21(24)25)19(27)18(15-8-10-17(11-9-15)29-20(22)23)16-7-3-5-14(13-16)6-4-12-28-2/h3-11,13,18,20H,12H2,1-2H3,(H3,24,25)/b6-4+/t18-/m1/s1. The molecule has 0 aromatic heterocycles. The third-order valence-electron chi connectivity index (χ3n) is 4.19. The molecule has 0 radical (unpaired) electrons. The first-order valence-corrected chi connectivity index (χ1v) is 8.75. The number of hydrogen-bond acceptors (Lipinski definition) is 4. The number of amides is 1. The second kappa shape index (κ2) is 10.3. The number of rotatable bonds is 8. The fourth-order valence-corrected chi connectivity index (χ4v) is 2.75. The van der Waals surface area contributed by atoms with Gasteiger partial charge in [0.1, 0.15) is 5.75 Å². The Labute approximate surface area is 168 Å². The SMILES string of the molecule is COC/C=C/c1cccc([C@H](C(=O)N(C)C(=N)N)c2ccc(OC(F)F)cc2)c1. The highest BCUT2D eigenvalue weighted by atomic mass is 19.3. The third kappa shape index (κ3) is 6.11. The molecule has 154 valence electrons. The van der Waals surface area contributed by atoms with Crippen LogP contribution in [-0.2, 0) is 9.53 Å². The molecule has 3 N–H and O–H groups in total. The van der Waals surface area contributed by atoms with E-state index in [0.717, 1.165) is 10.5 Å². The number of likely N-dealkylation sites (N-methyl/N-ethyl adjacent to an activating group) is 1. The van der Waals surface area contributed by atoms with Gasteiger partial charge in [0.05, 0.1) is 12.5 Å². The van der Waals surface area contributed by atoms with Crippen LogP contribution in [0.5, 0.6) is 5.75 Å². The van der Waals surface area contributed by atoms with Gasteiger partial charge < -0.3 is 15.2 Å². The summed E-state index contributed by atoms with van der Waals surface area (Å²) in [4.78, 5) is 14.1. The van der Waals surface area contributed by atoms with Crippen LogP contribution in [0.4, 0.5) is 8.78 Å². The Bertz CT molecular complexity index is 870. The minimum Gasteiger partial charge on any atom is -0.435 e. The van der Waals surface area contributed by atoms with Gasteiger partial charge in [-0.3, -0.25) is 15.1 Å². The van der Waals surface area contributed by atoms with Crippen molar-refractivity contribution in [2.75, 3.05) is 20.8 Å². The number of nitrogens with two attached hydrogens (primary N) is 1. The van der Waals surface area contributed by atoms with Gasteiger partial charge in [-0.05, 0) is 28.8 Å². The molecule has 0 aliphatic rings. The van der Waals surface area contributed by atoms with Gasteiger partial charge in [-0.2, -0.15) is 8.78 Å². The number of carbonyl (C=O) groups is 1. The molecule has 0 spiro atoms. The van der Waals surface area contributed by atoms with E-state index in [-0.39, 0.29) is 5.75 Å². The summed E-state index contributed by atoms with van der Waals surface area (Å²) in [6.07, 6.45) is 3.71. The molecule has 6 nitrogen and oxygen atoms in total. The zero-order valence-corrected chi connectivity index (χ0v) is 16.1. The second-order valence-corrected chi connectivity index (χ2v) is 6.19. The summed E-state index contributed by atoms with van der Waals surface area (Å²) >= 11 is 0. The highest BCUT2D eigenvalue weighted by molar-refractivity contribution is 5.99. The van der Waals surface area contributed by atoms with Crippen LogP contribution in [0.25, 0.3) is 6.08 Å². The summed E-state index contributed by atoms with van der Waals surface area (Å²) in [5.74, 6) is -1.60. The predicted molar refractivity (Wildman–Crippen MR) is 107 cm³/mol. The lowest BCUT2D eigenvalue weighted by Crippen LogP contribution is -2.41. The van der Waals surface area contributed by atoms with E-state index in [1.807, 2.05) is 30.4 Å². The minimum absolute atomic E-state index is 0.00822. The highest BCUT2D eigenvalue weighted by Gasteiger charge is 2.27. The average molecular weight is 403 g/mol. The van der Waals surface area contributed by atoms with Crippen molar-refractivity contribution in [2.24, 2.45) is 5.73 Å². The topological polar surface area (TPSA) is 88.6 Å². The maximum atomic E-state index is 13.0. The number of hydrogen-bond donors (Lipinski definition) is 2. The largest absolute Gasteiger partial charge is 0.435 e. The van der Waals surface area contributed by atoms with E-state index in [2.05, 4.69) is 4.74 Å². The highest BCUT2D eigenvalue weighted by Crippen LogP contribution is 2.29. The number of carbonyl (C=O) groups excluding carboxylic acids is 1. The molecule has 2 aromatic carbocycles. The van der Waals surface area contributed by atoms with Crippen LogP contribution in [0.15, 0.2) is 54.6 Å². The summed E-state index contributed by atoms with van der Waals surface area (Å²) in [5.41, 5.74) is 7.57. The van der Waals surface area contributed by atoms with Crippen molar-refractivity contribution in [3.05, 3.63) is 71.3 Å². The number of nitrogens with zero attached hydrogens (tertiary/aromatic N) is 1. The van der Waals surface area contributed by atoms with Crippen molar-refractivity contribution in [2.45, 2.75) is 12.5 Å². The fourth-order valence-electron chi connectivity index (χ4n) is 2.75. The van der Waals surface area contributed by atoms with Crippen LogP contribution >= 0.6 is 0 Å². The molecule has 0 saturated carbocycles. The molecule has 0 aliphatic carbocycles. The van der Waals surface area contributed by atoms with Crippen molar-refractivity contribution >= 4 is 17.9 Å². The first kappa shape index (κ1) is 22.0. The Morgan fingerprint density at radius 3 is 2.48 bits per heavy atom. The van der Waals surface area contributed by atoms with Crippen molar-refractivity contribution in [1.29, 1.82) is 5.41 Å². The number of alkyl halides is 2. The predicted octanol–water partition coefficient (Wildman–Crippen LogP) is 3.43. The molecule has 1 amide bonds. The fraction of sp³-hybridized carbons (Fsp3) is 0.238. The molecule has 0 fully saturated rings. The van der Waals surface area contributed by atoms with E-state index in [1.54, 1.807) is 25.3 Å². The Morgan fingerprint density at radius 2 is 1.90 bits per heavy atom. The van der Waals surface area contributed by atoms with E-state index in [9.17, 15) is 13.6 Å². The zero-order chi connectivity index (χ0) is 21.4. The van der Waals surface area contributed by atoms with E-state index in [1.165, 1.54) is 19.2 Å². The Hall–Kier alpha value is -3.26. The maximum Gasteiger partial charge on any atom is 0.387 e. The van der Waals surface area contributed by atoms with Crippen LogP contribution in [0, 0.1) is 5.41 Å². The van der Waals surface area contributed by atoms with Gasteiger partial charge in [-0.15, -0.1) is 0 Å². The molecule has 0 heterocycles. The Morgan fingerprint density at radius 1 is 1.21 bits per heavy atom. The van der Waals surface area contributed by atoms with E-state index >= 15 is 0 Å². The molecule has 8 heteroatoms. The molecular formula is C21H23F2N3O3. The van der Waals surface area contributed by atoms with Gasteiger partial charge in [-0.1, -0.05) is 48.6 Å². The van der Waals surface area contributed by atoms with Crippen molar-refractivity contribution in [3.63, 3.8) is 0 Å². The quantitative estimate of drug-likeness (QED) is 0.522. The summed E-state index contributed by atoms with van der Waals surface area (Å²) in [7, 11) is 3.00. The van der Waals surface area contributed by atoms with Gasteiger partial charge >= 0.3 is 6.61 Å². The minimum atomic E-state index is -2.93. The lowest BCUT2D eigenvalue weighted by molar-refractivity contribution is -0.127. The van der Waals surface area contributed by atoms with Crippen LogP contribution in [0.2, 0.25) is 0 Å². The molecular weight excluding hydrogens is 380 g/mol. The van der Waals surface area contributed by atoms with Gasteiger partial charge in [0.25, 0.3) is 0 Å². The van der Waals surface area contributed by atoms with Crippen LogP contribution < -0.4 is 10.5 Å². The van der Waals surface area contributed by atoms with E-state index in [4.69, 9.17) is 15.9 Å². The lowest BCUT2D eigenvalue weighted by atomic mass is 9.89. The summed E-state index contributed by atoms with van der Waals surface area (Å²) < 4.78 is 34.2. The van der Waals surface area contributed by atoms with Crippen molar-refractivity contribution in [1.82, 2.24) is 4.90 Å². The van der Waals surface area contributed by atoms with Gasteiger partial charge in [0, 0.05) is 14.2 Å². The summed E-state index contributed by atoms with van der Waals surface area (Å²) in [5, 5.41) is 7.57. The third-order valence-corrected chi connectivity index (χ3v) is 4.19. The summed E-state index contributed by atoms with van der Waals surface area (Å²) in [6, 6.07) is 13.1. The number of halogens is 2. The first-order valence-electron chi connectivity index (χ1n) is 8.75. The number of benzene rings is 2. The lowest BCUT2D eigenvalue weighted by Gasteiger charge is -2.23. The molecule has 0 unspecified atom stereocenters. The van der Waals surface area contributed by atoms with Crippen LogP contribution in [0.1, 0.15) is 22.6 Å². The molecule has 2 rings (SSSR count). The van der Waals surface area contributed by atoms with Crippen molar-refractivity contribution in [3.8, 4) is 5.75 Å². The van der Waals surface area contributed by atoms with Gasteiger partial charge in [-0.25, -0.2) is 0 Å². The first-order chi connectivity index (χ1) is 13.8. The maximum absolute atomic E-state index is 13.0. The normalized spacial score (nSPS) is 12.2. The number of guanidine groups is 1.